The van der Waals surface area contributed by atoms with Crippen LogP contribution in [-0.2, 0) is 11.3 Å². The van der Waals surface area contributed by atoms with Crippen molar-refractivity contribution in [2.45, 2.75) is 13.5 Å². The van der Waals surface area contributed by atoms with Crippen LogP contribution in [-0.4, -0.2) is 18.0 Å². The molecule has 0 bridgehead atoms. The number of thiazole rings is 1. The standard InChI is InChI=1S/C23H19ClN2O3S/c1-15-9-11-19(28-2)21-22(15)30-23(25-21)26(14-17-7-5-13-29-17)20(27)12-10-16-6-3-4-8-18(16)24/h3-13H,14H2,1-2H3/b12-10+. The third-order valence-corrected chi connectivity index (χ3v) is 6.17. The van der Waals surface area contributed by atoms with Crippen LogP contribution in [0.25, 0.3) is 16.3 Å². The molecular formula is C23H19ClN2O3S. The number of halogens is 1. The van der Waals surface area contributed by atoms with Gasteiger partial charge in [0.1, 0.15) is 17.0 Å². The second-order valence-corrected chi connectivity index (χ2v) is 8.00. The van der Waals surface area contributed by atoms with E-state index in [2.05, 4.69) is 0 Å². The van der Waals surface area contributed by atoms with Crippen LogP contribution in [0.1, 0.15) is 16.9 Å². The van der Waals surface area contributed by atoms with Gasteiger partial charge in [-0.15, -0.1) is 0 Å². The highest BCUT2D eigenvalue weighted by atomic mass is 35.5. The van der Waals surface area contributed by atoms with E-state index in [0.29, 0.717) is 21.7 Å². The maximum Gasteiger partial charge on any atom is 0.253 e. The Bertz CT molecular complexity index is 1210. The number of aryl methyl sites for hydroxylation is 1. The second kappa shape index (κ2) is 8.73. The number of ether oxygens (including phenoxy) is 1. The van der Waals surface area contributed by atoms with Crippen molar-refractivity contribution >= 4 is 50.3 Å². The quantitative estimate of drug-likeness (QED) is 0.341. The van der Waals surface area contributed by atoms with E-state index < -0.39 is 0 Å². The fourth-order valence-corrected chi connectivity index (χ4v) is 4.29. The molecule has 2 heterocycles. The van der Waals surface area contributed by atoms with Gasteiger partial charge in [0, 0.05) is 11.1 Å². The number of hydrogen-bond acceptors (Lipinski definition) is 5. The van der Waals surface area contributed by atoms with Crippen LogP contribution in [0.15, 0.2) is 65.3 Å². The molecule has 0 spiro atoms. The third-order valence-electron chi connectivity index (χ3n) is 4.61. The van der Waals surface area contributed by atoms with Gasteiger partial charge in [-0.25, -0.2) is 4.98 Å². The number of fused-ring (bicyclic) bond motifs is 1. The highest BCUT2D eigenvalue weighted by Gasteiger charge is 2.21. The number of benzene rings is 2. The first-order chi connectivity index (χ1) is 14.6. The summed E-state index contributed by atoms with van der Waals surface area (Å²) in [5.41, 5.74) is 2.59. The van der Waals surface area contributed by atoms with E-state index >= 15 is 0 Å². The lowest BCUT2D eigenvalue weighted by Gasteiger charge is -2.16. The van der Waals surface area contributed by atoms with Gasteiger partial charge in [-0.3, -0.25) is 9.69 Å². The first kappa shape index (κ1) is 20.2. The van der Waals surface area contributed by atoms with E-state index in [1.807, 2.05) is 43.3 Å². The molecule has 0 aliphatic carbocycles. The van der Waals surface area contributed by atoms with Gasteiger partial charge in [0.15, 0.2) is 5.13 Å². The number of furan rings is 1. The molecule has 1 amide bonds. The molecule has 152 valence electrons. The van der Waals surface area contributed by atoms with E-state index in [0.717, 1.165) is 21.3 Å². The Morgan fingerprint density at radius 3 is 2.80 bits per heavy atom. The molecule has 0 fully saturated rings. The summed E-state index contributed by atoms with van der Waals surface area (Å²) >= 11 is 7.66. The Morgan fingerprint density at radius 1 is 1.23 bits per heavy atom. The maximum absolute atomic E-state index is 13.2. The van der Waals surface area contributed by atoms with Crippen molar-refractivity contribution in [1.29, 1.82) is 0 Å². The van der Waals surface area contributed by atoms with Crippen molar-refractivity contribution in [3.05, 3.63) is 82.8 Å². The van der Waals surface area contributed by atoms with Crippen LogP contribution in [0.2, 0.25) is 5.02 Å². The zero-order valence-electron chi connectivity index (χ0n) is 16.5. The smallest absolute Gasteiger partial charge is 0.253 e. The van der Waals surface area contributed by atoms with Crippen LogP contribution in [0.5, 0.6) is 5.75 Å². The lowest BCUT2D eigenvalue weighted by atomic mass is 10.2. The van der Waals surface area contributed by atoms with E-state index in [9.17, 15) is 4.79 Å². The minimum atomic E-state index is -0.220. The van der Waals surface area contributed by atoms with Crippen molar-refractivity contribution in [2.75, 3.05) is 12.0 Å². The van der Waals surface area contributed by atoms with Crippen molar-refractivity contribution in [1.82, 2.24) is 4.98 Å². The van der Waals surface area contributed by atoms with Crippen LogP contribution >= 0.6 is 22.9 Å². The molecule has 4 rings (SSSR count). The summed E-state index contributed by atoms with van der Waals surface area (Å²) in [6.07, 6.45) is 4.79. The molecule has 0 unspecified atom stereocenters. The molecule has 4 aromatic rings. The second-order valence-electron chi connectivity index (χ2n) is 6.62. The SMILES string of the molecule is COc1ccc(C)c2sc(N(Cc3ccco3)C(=O)/C=C/c3ccccc3Cl)nc12. The third kappa shape index (κ3) is 4.10. The number of aromatic nitrogens is 1. The Balaban J connectivity index is 1.73. The predicted octanol–water partition coefficient (Wildman–Crippen LogP) is 6.11. The molecule has 0 saturated carbocycles. The van der Waals surface area contributed by atoms with Crippen LogP contribution in [0.3, 0.4) is 0 Å². The number of hydrogen-bond donors (Lipinski definition) is 0. The van der Waals surface area contributed by atoms with Crippen molar-refractivity contribution in [2.24, 2.45) is 0 Å². The Labute approximate surface area is 183 Å². The molecule has 0 atom stereocenters. The van der Waals surface area contributed by atoms with Gasteiger partial charge in [-0.1, -0.05) is 47.2 Å². The Hall–Kier alpha value is -3.09. The van der Waals surface area contributed by atoms with Gasteiger partial charge >= 0.3 is 0 Å². The van der Waals surface area contributed by atoms with Gasteiger partial charge in [-0.2, -0.15) is 0 Å². The summed E-state index contributed by atoms with van der Waals surface area (Å²) in [4.78, 5) is 19.5. The zero-order chi connectivity index (χ0) is 21.1. The summed E-state index contributed by atoms with van der Waals surface area (Å²) in [5.74, 6) is 1.12. The zero-order valence-corrected chi connectivity index (χ0v) is 18.0. The summed E-state index contributed by atoms with van der Waals surface area (Å²) in [6, 6.07) is 14.9. The summed E-state index contributed by atoms with van der Waals surface area (Å²) in [5, 5.41) is 1.15. The van der Waals surface area contributed by atoms with Crippen molar-refractivity contribution in [3.8, 4) is 5.75 Å². The highest BCUT2D eigenvalue weighted by molar-refractivity contribution is 7.22. The number of carbonyl (C=O) groups excluding carboxylic acids is 1. The fourth-order valence-electron chi connectivity index (χ4n) is 3.04. The molecular weight excluding hydrogens is 420 g/mol. The van der Waals surface area contributed by atoms with Gasteiger partial charge in [0.25, 0.3) is 5.91 Å². The van der Waals surface area contributed by atoms with Gasteiger partial charge < -0.3 is 9.15 Å². The first-order valence-electron chi connectivity index (χ1n) is 9.27. The Kier molecular flexibility index (Phi) is 5.88. The first-order valence-corrected chi connectivity index (χ1v) is 10.5. The molecule has 0 radical (unpaired) electrons. The lowest BCUT2D eigenvalue weighted by molar-refractivity contribution is -0.114. The highest BCUT2D eigenvalue weighted by Crippen LogP contribution is 2.37. The molecule has 0 aliphatic heterocycles. The number of amides is 1. The maximum atomic E-state index is 13.2. The van der Waals surface area contributed by atoms with Gasteiger partial charge in [-0.05, 0) is 48.4 Å². The molecule has 0 N–H and O–H groups in total. The average Bonchev–Trinajstić information content (AvgIpc) is 3.42. The van der Waals surface area contributed by atoms with E-state index in [1.54, 1.807) is 36.5 Å². The van der Waals surface area contributed by atoms with Gasteiger partial charge in [0.05, 0.1) is 24.6 Å². The number of rotatable bonds is 6. The molecule has 0 saturated heterocycles. The van der Waals surface area contributed by atoms with Crippen molar-refractivity contribution < 1.29 is 13.9 Å². The summed E-state index contributed by atoms with van der Waals surface area (Å²) < 4.78 is 11.9. The molecule has 30 heavy (non-hydrogen) atoms. The molecule has 5 nitrogen and oxygen atoms in total. The van der Waals surface area contributed by atoms with E-state index in [4.69, 9.17) is 25.7 Å². The van der Waals surface area contributed by atoms with Crippen LogP contribution in [0, 0.1) is 6.92 Å². The monoisotopic (exact) mass is 438 g/mol. The molecule has 7 heteroatoms. The predicted molar refractivity (Wildman–Crippen MR) is 121 cm³/mol. The van der Waals surface area contributed by atoms with Gasteiger partial charge in [0.2, 0.25) is 0 Å². The summed E-state index contributed by atoms with van der Waals surface area (Å²) in [7, 11) is 1.61. The molecule has 2 aromatic heterocycles. The Morgan fingerprint density at radius 2 is 2.07 bits per heavy atom. The fraction of sp³-hybridized carbons (Fsp3) is 0.130. The number of carbonyl (C=O) groups is 1. The molecule has 2 aromatic carbocycles. The summed E-state index contributed by atoms with van der Waals surface area (Å²) in [6.45, 7) is 2.28. The number of anilines is 1. The lowest BCUT2D eigenvalue weighted by Crippen LogP contribution is -2.28. The van der Waals surface area contributed by atoms with E-state index in [-0.39, 0.29) is 12.5 Å². The normalized spacial score (nSPS) is 11.3. The average molecular weight is 439 g/mol. The van der Waals surface area contributed by atoms with E-state index in [1.165, 1.54) is 17.4 Å². The minimum absolute atomic E-state index is 0.220. The topological polar surface area (TPSA) is 55.6 Å². The van der Waals surface area contributed by atoms with Crippen LogP contribution < -0.4 is 9.64 Å². The minimum Gasteiger partial charge on any atom is -0.494 e. The van der Waals surface area contributed by atoms with Crippen LogP contribution in [0.4, 0.5) is 5.13 Å². The largest absolute Gasteiger partial charge is 0.494 e. The molecule has 0 aliphatic rings. The number of methoxy groups -OCH3 is 1. The van der Waals surface area contributed by atoms with Crippen molar-refractivity contribution in [3.63, 3.8) is 0 Å². The number of nitrogens with zero attached hydrogens (tertiary/aromatic N) is 2.